The first-order valence-corrected chi connectivity index (χ1v) is 5.76. The monoisotopic (exact) mass is 262 g/mol. The maximum atomic E-state index is 11.8. The van der Waals surface area contributed by atoms with E-state index in [0.29, 0.717) is 22.3 Å². The number of aliphatic carboxylic acids is 1. The highest BCUT2D eigenvalue weighted by Gasteiger charge is 2.17. The average molecular weight is 262 g/mol. The molecule has 0 aliphatic carbocycles. The summed E-state index contributed by atoms with van der Waals surface area (Å²) in [5, 5.41) is 9.49. The van der Waals surface area contributed by atoms with E-state index in [9.17, 15) is 9.59 Å². The normalized spacial score (nSPS) is 10.7. The number of benzene rings is 1. The highest BCUT2D eigenvalue weighted by atomic mass is 16.5. The van der Waals surface area contributed by atoms with Gasteiger partial charge in [0.25, 0.3) is 0 Å². The first-order valence-electron chi connectivity index (χ1n) is 5.76. The summed E-state index contributed by atoms with van der Waals surface area (Å²) in [5.41, 5.74) is 1.44. The van der Waals surface area contributed by atoms with Crippen LogP contribution >= 0.6 is 0 Å². The number of hydrogen-bond acceptors (Lipinski definition) is 4. The average Bonchev–Trinajstić information content (AvgIpc) is 2.32. The predicted octanol–water partition coefficient (Wildman–Crippen LogP) is 2.05. The quantitative estimate of drug-likeness (QED) is 0.856. The minimum atomic E-state index is -1.07. The fourth-order valence-electron chi connectivity index (χ4n) is 2.15. The molecule has 0 amide bonds. The molecular weight excluding hydrogens is 248 g/mol. The van der Waals surface area contributed by atoms with E-state index in [0.717, 1.165) is 5.56 Å². The number of methoxy groups -OCH3 is 1. The molecule has 1 heterocycles. The lowest BCUT2D eigenvalue weighted by atomic mass is 10.0. The van der Waals surface area contributed by atoms with E-state index in [1.54, 1.807) is 13.0 Å². The Morgan fingerprint density at radius 3 is 2.63 bits per heavy atom. The van der Waals surface area contributed by atoms with E-state index in [1.165, 1.54) is 7.11 Å². The third-order valence-corrected chi connectivity index (χ3v) is 3.03. The molecule has 1 N–H and O–H groups in total. The molecule has 1 aromatic heterocycles. The largest absolute Gasteiger partial charge is 0.496 e. The van der Waals surface area contributed by atoms with Gasteiger partial charge in [0.2, 0.25) is 0 Å². The third-order valence-electron chi connectivity index (χ3n) is 3.03. The molecule has 0 atom stereocenters. The van der Waals surface area contributed by atoms with Crippen molar-refractivity contribution >= 4 is 16.9 Å². The van der Waals surface area contributed by atoms with Crippen molar-refractivity contribution in [3.63, 3.8) is 0 Å². The van der Waals surface area contributed by atoms with Crippen LogP contribution in [-0.4, -0.2) is 18.2 Å². The summed E-state index contributed by atoms with van der Waals surface area (Å²) in [4.78, 5) is 22.6. The Hall–Kier alpha value is -2.30. The molecule has 0 fully saturated rings. The Morgan fingerprint density at radius 2 is 2.05 bits per heavy atom. The van der Waals surface area contributed by atoms with Crippen molar-refractivity contribution in [1.82, 2.24) is 0 Å². The predicted molar refractivity (Wildman–Crippen MR) is 69.8 cm³/mol. The van der Waals surface area contributed by atoms with Gasteiger partial charge in [0.15, 0.2) is 0 Å². The van der Waals surface area contributed by atoms with Crippen LogP contribution in [0.15, 0.2) is 21.3 Å². The zero-order chi connectivity index (χ0) is 14.2. The summed E-state index contributed by atoms with van der Waals surface area (Å²) in [7, 11) is 1.52. The second-order valence-corrected chi connectivity index (χ2v) is 4.40. The topological polar surface area (TPSA) is 76.7 Å². The Balaban J connectivity index is 2.86. The summed E-state index contributed by atoms with van der Waals surface area (Å²) in [6.45, 7) is 3.57. The summed E-state index contributed by atoms with van der Waals surface area (Å²) < 4.78 is 10.5. The van der Waals surface area contributed by atoms with E-state index < -0.39 is 11.6 Å². The number of carboxylic acids is 1. The lowest BCUT2D eigenvalue weighted by molar-refractivity contribution is -0.136. The molecule has 0 aliphatic rings. The fourth-order valence-corrected chi connectivity index (χ4v) is 2.15. The molecule has 0 saturated heterocycles. The summed E-state index contributed by atoms with van der Waals surface area (Å²) in [6, 6.07) is 3.55. The van der Waals surface area contributed by atoms with Crippen molar-refractivity contribution in [3.05, 3.63) is 39.2 Å². The van der Waals surface area contributed by atoms with Gasteiger partial charge in [-0.3, -0.25) is 4.79 Å². The first-order chi connectivity index (χ1) is 8.93. The molecular formula is C14H14O5. The summed E-state index contributed by atoms with van der Waals surface area (Å²) >= 11 is 0. The molecule has 0 saturated carbocycles. The molecule has 0 unspecified atom stereocenters. The lowest BCUT2D eigenvalue weighted by Crippen LogP contribution is -2.15. The fraction of sp³-hybridized carbons (Fsp3) is 0.286. The smallest absolute Gasteiger partial charge is 0.340 e. The van der Waals surface area contributed by atoms with E-state index >= 15 is 0 Å². The number of hydrogen-bond donors (Lipinski definition) is 1. The molecule has 19 heavy (non-hydrogen) atoms. The molecule has 2 rings (SSSR count). The molecule has 2 aromatic rings. The minimum Gasteiger partial charge on any atom is -0.496 e. The van der Waals surface area contributed by atoms with Crippen LogP contribution in [-0.2, 0) is 11.2 Å². The molecule has 1 aromatic carbocycles. The van der Waals surface area contributed by atoms with Gasteiger partial charge in [-0.2, -0.15) is 0 Å². The van der Waals surface area contributed by atoms with Gasteiger partial charge in [0.1, 0.15) is 11.3 Å². The van der Waals surface area contributed by atoms with Gasteiger partial charge >= 0.3 is 11.6 Å². The van der Waals surface area contributed by atoms with Crippen molar-refractivity contribution in [2.24, 2.45) is 0 Å². The molecule has 0 spiro atoms. The molecule has 0 radical (unpaired) electrons. The van der Waals surface area contributed by atoms with Gasteiger partial charge in [-0.05, 0) is 37.1 Å². The molecule has 5 heteroatoms. The zero-order valence-electron chi connectivity index (χ0n) is 10.9. The molecule has 5 nitrogen and oxygen atoms in total. The second-order valence-electron chi connectivity index (χ2n) is 4.40. The van der Waals surface area contributed by atoms with E-state index in [1.807, 2.05) is 13.0 Å². The van der Waals surface area contributed by atoms with Gasteiger partial charge < -0.3 is 14.3 Å². The number of carbonyl (C=O) groups is 1. The number of aryl methyl sites for hydroxylation is 2. The van der Waals surface area contributed by atoms with Crippen molar-refractivity contribution in [2.45, 2.75) is 20.3 Å². The Bertz CT molecular complexity index is 712. The molecule has 0 bridgehead atoms. The van der Waals surface area contributed by atoms with Crippen LogP contribution in [0.4, 0.5) is 0 Å². The number of ether oxygens (including phenoxy) is 1. The molecule has 0 aliphatic heterocycles. The van der Waals surface area contributed by atoms with Crippen molar-refractivity contribution in [2.75, 3.05) is 7.11 Å². The zero-order valence-corrected chi connectivity index (χ0v) is 10.9. The highest BCUT2D eigenvalue weighted by molar-refractivity contribution is 5.89. The van der Waals surface area contributed by atoms with Gasteiger partial charge in [0.05, 0.1) is 24.5 Å². The van der Waals surface area contributed by atoms with Crippen molar-refractivity contribution in [1.29, 1.82) is 0 Å². The highest BCUT2D eigenvalue weighted by Crippen LogP contribution is 2.30. The van der Waals surface area contributed by atoms with Crippen LogP contribution in [0.3, 0.4) is 0 Å². The lowest BCUT2D eigenvalue weighted by Gasteiger charge is -2.11. The number of fused-ring (bicyclic) bond motifs is 1. The standard InChI is InChI=1S/C14H14O5/c1-7-4-10(18-3)13-8(2)9(6-12(15)16)14(17)19-11(13)5-7/h4-5H,6H2,1-3H3,(H,15,16). The van der Waals surface area contributed by atoms with Gasteiger partial charge in [0, 0.05) is 0 Å². The maximum absolute atomic E-state index is 11.8. The Morgan fingerprint density at radius 1 is 1.37 bits per heavy atom. The summed E-state index contributed by atoms with van der Waals surface area (Å²) in [5.74, 6) is -0.497. The van der Waals surface area contributed by atoms with Crippen LogP contribution in [0.1, 0.15) is 16.7 Å². The van der Waals surface area contributed by atoms with Gasteiger partial charge in [-0.1, -0.05) is 0 Å². The second kappa shape index (κ2) is 4.76. The van der Waals surface area contributed by atoms with Crippen LogP contribution in [0.25, 0.3) is 11.0 Å². The van der Waals surface area contributed by atoms with Crippen molar-refractivity contribution in [3.8, 4) is 5.75 Å². The Labute approximate surface area is 109 Å². The van der Waals surface area contributed by atoms with Crippen LogP contribution in [0, 0.1) is 13.8 Å². The van der Waals surface area contributed by atoms with Crippen LogP contribution in [0.5, 0.6) is 5.75 Å². The number of carboxylic acid groups (broad SMARTS) is 1. The van der Waals surface area contributed by atoms with Gasteiger partial charge in [-0.25, -0.2) is 4.79 Å². The summed E-state index contributed by atoms with van der Waals surface area (Å²) in [6.07, 6.45) is -0.360. The van der Waals surface area contributed by atoms with E-state index in [2.05, 4.69) is 0 Å². The van der Waals surface area contributed by atoms with E-state index in [-0.39, 0.29) is 12.0 Å². The Kier molecular flexibility index (Phi) is 3.29. The van der Waals surface area contributed by atoms with Crippen molar-refractivity contribution < 1.29 is 19.1 Å². The van der Waals surface area contributed by atoms with Crippen LogP contribution < -0.4 is 10.4 Å². The number of rotatable bonds is 3. The SMILES string of the molecule is COc1cc(C)cc2oc(=O)c(CC(=O)O)c(C)c12. The molecule has 100 valence electrons. The minimum absolute atomic E-state index is 0.155. The van der Waals surface area contributed by atoms with Crippen LogP contribution in [0.2, 0.25) is 0 Å². The van der Waals surface area contributed by atoms with Gasteiger partial charge in [-0.15, -0.1) is 0 Å². The first kappa shape index (κ1) is 13.1. The maximum Gasteiger partial charge on any atom is 0.340 e. The third kappa shape index (κ3) is 2.31. The van der Waals surface area contributed by atoms with E-state index in [4.69, 9.17) is 14.3 Å².